The molecule has 2 N–H and O–H groups in total. The molecular formula is C19H16ClN3O4. The Bertz CT molecular complexity index is 928. The topological polar surface area (TPSA) is 87.7 Å². The molecule has 0 unspecified atom stereocenters. The molecule has 0 spiro atoms. The van der Waals surface area contributed by atoms with E-state index in [1.54, 1.807) is 30.3 Å². The quantitative estimate of drug-likeness (QED) is 0.612. The molecular weight excluding hydrogens is 370 g/mol. The second-order valence-corrected chi connectivity index (χ2v) is 6.15. The van der Waals surface area contributed by atoms with Crippen LogP contribution in [0.3, 0.4) is 0 Å². The molecule has 1 aliphatic heterocycles. The van der Waals surface area contributed by atoms with Crippen LogP contribution in [0.1, 0.15) is 5.56 Å². The van der Waals surface area contributed by atoms with Crippen molar-refractivity contribution in [2.45, 2.75) is 0 Å². The predicted octanol–water partition coefficient (Wildman–Crippen LogP) is 2.88. The molecule has 1 aliphatic rings. The molecule has 0 saturated carbocycles. The van der Waals surface area contributed by atoms with Crippen molar-refractivity contribution in [3.05, 3.63) is 64.8 Å². The minimum atomic E-state index is -0.485. The number of ether oxygens (including phenoxy) is 1. The van der Waals surface area contributed by atoms with Gasteiger partial charge in [-0.2, -0.15) is 0 Å². The highest BCUT2D eigenvalue weighted by Gasteiger charge is 2.29. The number of urea groups is 1. The summed E-state index contributed by atoms with van der Waals surface area (Å²) in [6.07, 6.45) is 1.52. The van der Waals surface area contributed by atoms with Crippen molar-refractivity contribution in [1.29, 1.82) is 0 Å². The number of rotatable bonds is 5. The number of hydrogen-bond acceptors (Lipinski definition) is 4. The summed E-state index contributed by atoms with van der Waals surface area (Å²) in [6, 6.07) is 13.4. The molecule has 2 aromatic carbocycles. The van der Waals surface area contributed by atoms with E-state index in [0.717, 1.165) is 4.90 Å². The average Bonchev–Trinajstić information content (AvgIpc) is 2.89. The lowest BCUT2D eigenvalue weighted by atomic mass is 10.2. The molecule has 0 atom stereocenters. The second kappa shape index (κ2) is 7.92. The number of nitrogens with one attached hydrogen (secondary N) is 2. The van der Waals surface area contributed by atoms with E-state index in [4.69, 9.17) is 16.3 Å². The number of anilines is 1. The largest absolute Gasteiger partial charge is 0.482 e. The van der Waals surface area contributed by atoms with E-state index in [1.807, 2.05) is 18.2 Å². The zero-order valence-electron chi connectivity index (χ0n) is 14.4. The number of hydrogen-bond donors (Lipinski definition) is 2. The number of carbonyl (C=O) groups is 3. The highest BCUT2D eigenvalue weighted by molar-refractivity contribution is 6.32. The molecule has 7 nitrogen and oxygen atoms in total. The number of carbonyl (C=O) groups excluding carboxylic acids is 3. The van der Waals surface area contributed by atoms with Gasteiger partial charge >= 0.3 is 6.03 Å². The third-order valence-electron chi connectivity index (χ3n) is 3.76. The number of imide groups is 1. The average molecular weight is 386 g/mol. The minimum absolute atomic E-state index is 0.162. The van der Waals surface area contributed by atoms with E-state index in [9.17, 15) is 14.4 Å². The third-order valence-corrected chi connectivity index (χ3v) is 4.06. The normalized spacial score (nSPS) is 15.0. The van der Waals surface area contributed by atoms with Crippen LogP contribution in [0.2, 0.25) is 5.02 Å². The molecule has 3 rings (SSSR count). The Morgan fingerprint density at radius 2 is 1.96 bits per heavy atom. The second-order valence-electron chi connectivity index (χ2n) is 5.75. The van der Waals surface area contributed by atoms with Gasteiger partial charge in [-0.25, -0.2) is 4.79 Å². The number of amides is 4. The van der Waals surface area contributed by atoms with E-state index in [-0.39, 0.29) is 23.2 Å². The summed E-state index contributed by atoms with van der Waals surface area (Å²) in [6.45, 7) is -0.200. The first-order chi connectivity index (χ1) is 12.9. The zero-order chi connectivity index (χ0) is 19.4. The lowest BCUT2D eigenvalue weighted by molar-refractivity contribution is -0.122. The summed E-state index contributed by atoms with van der Waals surface area (Å²) < 4.78 is 5.44. The van der Waals surface area contributed by atoms with Crippen LogP contribution < -0.4 is 15.4 Å². The Labute approximate surface area is 160 Å². The molecule has 27 heavy (non-hydrogen) atoms. The molecule has 138 valence electrons. The van der Waals surface area contributed by atoms with Crippen molar-refractivity contribution >= 4 is 41.2 Å². The molecule has 2 aromatic rings. The smallest absolute Gasteiger partial charge is 0.328 e. The van der Waals surface area contributed by atoms with E-state index in [2.05, 4.69) is 10.6 Å². The van der Waals surface area contributed by atoms with Gasteiger partial charge in [0.25, 0.3) is 11.8 Å². The van der Waals surface area contributed by atoms with Gasteiger partial charge in [-0.1, -0.05) is 35.9 Å². The molecule has 1 saturated heterocycles. The van der Waals surface area contributed by atoms with E-state index in [1.165, 1.54) is 13.1 Å². The van der Waals surface area contributed by atoms with Crippen molar-refractivity contribution in [3.8, 4) is 5.75 Å². The fourth-order valence-electron chi connectivity index (χ4n) is 2.38. The number of likely N-dealkylation sites (N-methyl/N-ethyl adjacent to an activating group) is 1. The van der Waals surface area contributed by atoms with Gasteiger partial charge in [0.2, 0.25) is 0 Å². The Morgan fingerprint density at radius 3 is 2.59 bits per heavy atom. The molecule has 0 radical (unpaired) electrons. The number of benzene rings is 2. The van der Waals surface area contributed by atoms with Gasteiger partial charge in [-0.15, -0.1) is 0 Å². The standard InChI is InChI=1S/C19H16ClN3O4/c1-23-18(25)15(22-19(23)26)10-12-7-8-16(14(20)9-12)27-11-17(24)21-13-5-3-2-4-6-13/h2-10H,11H2,1H3,(H,21,24)(H,22,26)/b15-10+. The van der Waals surface area contributed by atoms with Crippen LogP contribution in [0.4, 0.5) is 10.5 Å². The molecule has 1 heterocycles. The van der Waals surface area contributed by atoms with Crippen LogP contribution in [0.25, 0.3) is 6.08 Å². The van der Waals surface area contributed by atoms with Crippen LogP contribution >= 0.6 is 11.6 Å². The monoisotopic (exact) mass is 385 g/mol. The highest BCUT2D eigenvalue weighted by atomic mass is 35.5. The van der Waals surface area contributed by atoms with Gasteiger partial charge in [0.15, 0.2) is 6.61 Å². The molecule has 8 heteroatoms. The number of nitrogens with zero attached hydrogens (tertiary/aromatic N) is 1. The fraction of sp³-hybridized carbons (Fsp3) is 0.105. The fourth-order valence-corrected chi connectivity index (χ4v) is 2.62. The van der Waals surface area contributed by atoms with Crippen LogP contribution in [0.5, 0.6) is 5.75 Å². The van der Waals surface area contributed by atoms with Crippen LogP contribution in [-0.2, 0) is 9.59 Å². The first-order valence-electron chi connectivity index (χ1n) is 8.02. The van der Waals surface area contributed by atoms with Crippen molar-refractivity contribution in [2.24, 2.45) is 0 Å². The maximum atomic E-state index is 11.9. The van der Waals surface area contributed by atoms with Crippen molar-refractivity contribution in [3.63, 3.8) is 0 Å². The molecule has 0 aromatic heterocycles. The first kappa shape index (κ1) is 18.5. The van der Waals surface area contributed by atoms with Gasteiger partial charge in [0.05, 0.1) is 5.02 Å². The lowest BCUT2D eigenvalue weighted by Crippen LogP contribution is -2.25. The van der Waals surface area contributed by atoms with E-state index in [0.29, 0.717) is 17.0 Å². The number of para-hydroxylation sites is 1. The van der Waals surface area contributed by atoms with Crippen LogP contribution in [0, 0.1) is 0 Å². The third kappa shape index (κ3) is 4.45. The van der Waals surface area contributed by atoms with Gasteiger partial charge in [-0.3, -0.25) is 14.5 Å². The lowest BCUT2D eigenvalue weighted by Gasteiger charge is -2.09. The molecule has 1 fully saturated rings. The number of halogens is 1. The Hall–Kier alpha value is -3.32. The summed E-state index contributed by atoms with van der Waals surface area (Å²) in [5, 5.41) is 5.46. The SMILES string of the molecule is CN1C(=O)N/C(=C/c2ccc(OCC(=O)Nc3ccccc3)c(Cl)c2)C1=O. The van der Waals surface area contributed by atoms with Gasteiger partial charge in [0, 0.05) is 12.7 Å². The summed E-state index contributed by atoms with van der Waals surface area (Å²) in [7, 11) is 1.39. The Balaban J connectivity index is 1.62. The highest BCUT2D eigenvalue weighted by Crippen LogP contribution is 2.27. The van der Waals surface area contributed by atoms with Crippen LogP contribution in [-0.4, -0.2) is 36.4 Å². The Kier molecular flexibility index (Phi) is 5.42. The summed E-state index contributed by atoms with van der Waals surface area (Å²) in [5.41, 5.74) is 1.45. The zero-order valence-corrected chi connectivity index (χ0v) is 15.1. The van der Waals surface area contributed by atoms with Crippen LogP contribution in [0.15, 0.2) is 54.2 Å². The molecule has 4 amide bonds. The van der Waals surface area contributed by atoms with Crippen molar-refractivity contribution < 1.29 is 19.1 Å². The minimum Gasteiger partial charge on any atom is -0.482 e. The van der Waals surface area contributed by atoms with E-state index >= 15 is 0 Å². The molecule has 0 bridgehead atoms. The Morgan fingerprint density at radius 1 is 1.22 bits per heavy atom. The maximum Gasteiger partial charge on any atom is 0.328 e. The van der Waals surface area contributed by atoms with Gasteiger partial charge in [-0.05, 0) is 35.9 Å². The van der Waals surface area contributed by atoms with Crippen molar-refractivity contribution in [1.82, 2.24) is 10.2 Å². The maximum absolute atomic E-state index is 11.9. The summed E-state index contributed by atoms with van der Waals surface area (Å²) >= 11 is 6.18. The predicted molar refractivity (Wildman–Crippen MR) is 101 cm³/mol. The van der Waals surface area contributed by atoms with E-state index < -0.39 is 11.9 Å². The van der Waals surface area contributed by atoms with Gasteiger partial charge < -0.3 is 15.4 Å². The molecule has 0 aliphatic carbocycles. The summed E-state index contributed by atoms with van der Waals surface area (Å²) in [4.78, 5) is 36.2. The van der Waals surface area contributed by atoms with Gasteiger partial charge in [0.1, 0.15) is 11.4 Å². The van der Waals surface area contributed by atoms with Crippen molar-refractivity contribution in [2.75, 3.05) is 19.0 Å². The summed E-state index contributed by atoms with van der Waals surface area (Å²) in [5.74, 6) is -0.402. The first-order valence-corrected chi connectivity index (χ1v) is 8.40.